The van der Waals surface area contributed by atoms with Crippen LogP contribution in [0.3, 0.4) is 0 Å². The summed E-state index contributed by atoms with van der Waals surface area (Å²) in [5, 5.41) is 9.91. The summed E-state index contributed by atoms with van der Waals surface area (Å²) in [7, 11) is 0. The number of aromatic hydroxyl groups is 1. The number of rotatable bonds is 10. The lowest BCUT2D eigenvalue weighted by molar-refractivity contribution is 0.465. The zero-order valence-electron chi connectivity index (χ0n) is 12.8. The van der Waals surface area contributed by atoms with Gasteiger partial charge in [-0.05, 0) is 42.9 Å². The largest absolute Gasteiger partial charge is 0.508 e. The van der Waals surface area contributed by atoms with E-state index in [1.165, 1.54) is 56.9 Å². The Balaban J connectivity index is 2.40. The molecular weight excluding hydrogens is 232 g/mol. The lowest BCUT2D eigenvalue weighted by Crippen LogP contribution is -1.91. The van der Waals surface area contributed by atoms with Crippen LogP contribution in [0.15, 0.2) is 18.2 Å². The second-order valence-electron chi connectivity index (χ2n) is 5.58. The predicted molar refractivity (Wildman–Crippen MR) is 83.8 cm³/mol. The molecule has 0 aliphatic carbocycles. The molecule has 0 aliphatic rings. The Kier molecular flexibility index (Phi) is 8.36. The van der Waals surface area contributed by atoms with E-state index in [2.05, 4.69) is 26.0 Å². The van der Waals surface area contributed by atoms with Gasteiger partial charge in [-0.1, -0.05) is 64.5 Å². The molecule has 0 heterocycles. The Hall–Kier alpha value is -0.980. The van der Waals surface area contributed by atoms with Gasteiger partial charge in [0.25, 0.3) is 0 Å². The van der Waals surface area contributed by atoms with E-state index in [9.17, 15) is 5.11 Å². The number of phenols is 1. The molecule has 0 radical (unpaired) electrons. The number of hydrogen-bond donors (Lipinski definition) is 1. The highest BCUT2D eigenvalue weighted by Crippen LogP contribution is 2.22. The molecular formula is C18H30O. The highest BCUT2D eigenvalue weighted by Gasteiger charge is 2.03. The van der Waals surface area contributed by atoms with Crippen LogP contribution >= 0.6 is 0 Å². The van der Waals surface area contributed by atoms with Crippen molar-refractivity contribution in [3.05, 3.63) is 29.3 Å². The topological polar surface area (TPSA) is 20.2 Å². The van der Waals surface area contributed by atoms with Crippen LogP contribution in [-0.4, -0.2) is 5.11 Å². The summed E-state index contributed by atoms with van der Waals surface area (Å²) >= 11 is 0. The summed E-state index contributed by atoms with van der Waals surface area (Å²) in [6.07, 6.45) is 12.4. The summed E-state index contributed by atoms with van der Waals surface area (Å²) in [6.45, 7) is 4.48. The van der Waals surface area contributed by atoms with Crippen molar-refractivity contribution in [3.8, 4) is 5.75 Å². The molecule has 108 valence electrons. The van der Waals surface area contributed by atoms with Gasteiger partial charge in [-0.25, -0.2) is 0 Å². The number of aryl methyl sites for hydroxylation is 2. The van der Waals surface area contributed by atoms with Crippen molar-refractivity contribution in [2.75, 3.05) is 0 Å². The Morgan fingerprint density at radius 1 is 0.789 bits per heavy atom. The van der Waals surface area contributed by atoms with Gasteiger partial charge >= 0.3 is 0 Å². The maximum absolute atomic E-state index is 9.91. The van der Waals surface area contributed by atoms with Crippen molar-refractivity contribution in [2.45, 2.75) is 78.1 Å². The molecule has 1 nitrogen and oxygen atoms in total. The number of phenolic OH excluding ortho intramolecular Hbond substituents is 1. The fourth-order valence-electron chi connectivity index (χ4n) is 2.49. The van der Waals surface area contributed by atoms with Crippen molar-refractivity contribution in [1.82, 2.24) is 0 Å². The average Bonchev–Trinajstić information content (AvgIpc) is 2.42. The second kappa shape index (κ2) is 9.89. The molecule has 1 aromatic carbocycles. The molecule has 1 N–H and O–H groups in total. The van der Waals surface area contributed by atoms with Gasteiger partial charge in [0.2, 0.25) is 0 Å². The molecule has 1 aromatic rings. The monoisotopic (exact) mass is 262 g/mol. The molecule has 0 atom stereocenters. The molecule has 1 rings (SSSR count). The first-order chi connectivity index (χ1) is 9.27. The SMILES string of the molecule is CCCCCCCc1cc(CCCCC)ccc1O. The van der Waals surface area contributed by atoms with E-state index in [0.717, 1.165) is 18.4 Å². The normalized spacial score (nSPS) is 10.8. The molecule has 0 spiro atoms. The average molecular weight is 262 g/mol. The molecule has 0 aliphatic heterocycles. The first-order valence-corrected chi connectivity index (χ1v) is 8.08. The molecule has 0 fully saturated rings. The van der Waals surface area contributed by atoms with E-state index < -0.39 is 0 Å². The molecule has 0 bridgehead atoms. The second-order valence-corrected chi connectivity index (χ2v) is 5.58. The van der Waals surface area contributed by atoms with Gasteiger partial charge in [-0.15, -0.1) is 0 Å². The van der Waals surface area contributed by atoms with E-state index in [-0.39, 0.29) is 0 Å². The van der Waals surface area contributed by atoms with E-state index in [0.29, 0.717) is 5.75 Å². The Morgan fingerprint density at radius 2 is 1.42 bits per heavy atom. The molecule has 0 amide bonds. The summed E-state index contributed by atoms with van der Waals surface area (Å²) in [6, 6.07) is 6.17. The predicted octanol–water partition coefficient (Wildman–Crippen LogP) is 5.64. The summed E-state index contributed by atoms with van der Waals surface area (Å²) in [5.74, 6) is 0.481. The highest BCUT2D eigenvalue weighted by atomic mass is 16.3. The first-order valence-electron chi connectivity index (χ1n) is 8.08. The van der Waals surface area contributed by atoms with Crippen LogP contribution in [0.2, 0.25) is 0 Å². The zero-order valence-corrected chi connectivity index (χ0v) is 12.8. The van der Waals surface area contributed by atoms with E-state index in [4.69, 9.17) is 0 Å². The van der Waals surface area contributed by atoms with Crippen molar-refractivity contribution in [3.63, 3.8) is 0 Å². The van der Waals surface area contributed by atoms with Crippen molar-refractivity contribution in [1.29, 1.82) is 0 Å². The van der Waals surface area contributed by atoms with Gasteiger partial charge in [-0.2, -0.15) is 0 Å². The minimum absolute atomic E-state index is 0.481. The first kappa shape index (κ1) is 16.1. The van der Waals surface area contributed by atoms with Crippen LogP contribution < -0.4 is 0 Å². The standard InChI is InChI=1S/C18H30O/c1-3-5-7-8-10-12-17-15-16(11-9-6-4-2)13-14-18(17)19/h13-15,19H,3-12H2,1-2H3. The molecule has 0 saturated carbocycles. The Bertz CT molecular complexity index is 344. The maximum Gasteiger partial charge on any atom is 0.118 e. The third-order valence-electron chi connectivity index (χ3n) is 3.76. The van der Waals surface area contributed by atoms with Gasteiger partial charge in [-0.3, -0.25) is 0 Å². The van der Waals surface area contributed by atoms with Crippen LogP contribution in [-0.2, 0) is 12.8 Å². The van der Waals surface area contributed by atoms with Crippen LogP contribution in [0.5, 0.6) is 5.75 Å². The summed E-state index contributed by atoms with van der Waals surface area (Å²) in [4.78, 5) is 0. The number of unbranched alkanes of at least 4 members (excludes halogenated alkanes) is 6. The maximum atomic E-state index is 9.91. The third kappa shape index (κ3) is 6.66. The minimum Gasteiger partial charge on any atom is -0.508 e. The van der Waals surface area contributed by atoms with Crippen LogP contribution in [0.1, 0.15) is 76.3 Å². The smallest absolute Gasteiger partial charge is 0.118 e. The van der Waals surface area contributed by atoms with Gasteiger partial charge in [0.15, 0.2) is 0 Å². The third-order valence-corrected chi connectivity index (χ3v) is 3.76. The van der Waals surface area contributed by atoms with E-state index in [1.807, 2.05) is 6.07 Å². The Labute approximate surface area is 119 Å². The molecule has 0 unspecified atom stereocenters. The zero-order chi connectivity index (χ0) is 13.9. The molecule has 0 aromatic heterocycles. The van der Waals surface area contributed by atoms with Gasteiger partial charge in [0, 0.05) is 0 Å². The van der Waals surface area contributed by atoms with Crippen LogP contribution in [0, 0.1) is 0 Å². The van der Waals surface area contributed by atoms with Crippen molar-refractivity contribution >= 4 is 0 Å². The minimum atomic E-state index is 0.481. The molecule has 1 heteroatoms. The van der Waals surface area contributed by atoms with Crippen molar-refractivity contribution < 1.29 is 5.11 Å². The van der Waals surface area contributed by atoms with Gasteiger partial charge in [0.1, 0.15) is 5.75 Å². The number of benzene rings is 1. The fourth-order valence-corrected chi connectivity index (χ4v) is 2.49. The van der Waals surface area contributed by atoms with E-state index in [1.54, 1.807) is 0 Å². The molecule has 19 heavy (non-hydrogen) atoms. The quantitative estimate of drug-likeness (QED) is 0.541. The highest BCUT2D eigenvalue weighted by molar-refractivity contribution is 5.36. The summed E-state index contributed by atoms with van der Waals surface area (Å²) < 4.78 is 0. The lowest BCUT2D eigenvalue weighted by Gasteiger charge is -2.08. The van der Waals surface area contributed by atoms with Gasteiger partial charge in [0.05, 0.1) is 0 Å². The fraction of sp³-hybridized carbons (Fsp3) is 0.667. The van der Waals surface area contributed by atoms with Crippen LogP contribution in [0.4, 0.5) is 0 Å². The molecule has 0 saturated heterocycles. The lowest BCUT2D eigenvalue weighted by atomic mass is 10.00. The summed E-state index contributed by atoms with van der Waals surface area (Å²) in [5.41, 5.74) is 2.53. The van der Waals surface area contributed by atoms with Crippen molar-refractivity contribution in [2.24, 2.45) is 0 Å². The van der Waals surface area contributed by atoms with E-state index >= 15 is 0 Å². The van der Waals surface area contributed by atoms with Gasteiger partial charge < -0.3 is 5.11 Å². The van der Waals surface area contributed by atoms with Crippen LogP contribution in [0.25, 0.3) is 0 Å². The number of hydrogen-bond acceptors (Lipinski definition) is 1. The Morgan fingerprint density at radius 3 is 2.16 bits per heavy atom.